The van der Waals surface area contributed by atoms with Crippen molar-refractivity contribution in [2.24, 2.45) is 0 Å². The second kappa shape index (κ2) is 11.1. The molecular weight excluding hydrogens is 426 g/mol. The van der Waals surface area contributed by atoms with Gasteiger partial charge in [-0.1, -0.05) is 12.1 Å². The lowest BCUT2D eigenvalue weighted by molar-refractivity contribution is -0.125. The number of aliphatic hydroxyl groups is 2. The van der Waals surface area contributed by atoms with Crippen molar-refractivity contribution in [2.75, 3.05) is 32.6 Å². The maximum absolute atomic E-state index is 12.4. The maximum Gasteiger partial charge on any atom is 0.251 e. The first kappa shape index (κ1) is 24.5. The highest BCUT2D eigenvalue weighted by atomic mass is 16.5. The molecule has 9 nitrogen and oxygen atoms in total. The third-order valence-corrected chi connectivity index (χ3v) is 5.61. The van der Waals surface area contributed by atoms with Crippen LogP contribution in [0, 0.1) is 0 Å². The SMILES string of the molecule is COc1ccc(CNC(=O)C[C@@H]2O[C@@H](CNC(=O)c3ccc(N(C)C)cc3)[C@@H](O)[C@H]2O)cc1. The predicted octanol–water partition coefficient (Wildman–Crippen LogP) is 0.687. The minimum atomic E-state index is -1.22. The van der Waals surface area contributed by atoms with Gasteiger partial charge in [0.2, 0.25) is 5.91 Å². The first-order valence-electron chi connectivity index (χ1n) is 10.7. The fraction of sp³-hybridized carbons (Fsp3) is 0.417. The summed E-state index contributed by atoms with van der Waals surface area (Å²) in [5.74, 6) is 0.101. The molecule has 1 aliphatic rings. The number of hydrogen-bond donors (Lipinski definition) is 4. The summed E-state index contributed by atoms with van der Waals surface area (Å²) in [5, 5.41) is 26.1. The van der Waals surface area contributed by atoms with Crippen molar-refractivity contribution in [3.8, 4) is 5.75 Å². The number of carbonyl (C=O) groups is 2. The van der Waals surface area contributed by atoms with Crippen molar-refractivity contribution in [3.05, 3.63) is 59.7 Å². The van der Waals surface area contributed by atoms with Crippen molar-refractivity contribution in [3.63, 3.8) is 0 Å². The number of aliphatic hydroxyl groups excluding tert-OH is 2. The zero-order valence-corrected chi connectivity index (χ0v) is 19.0. The van der Waals surface area contributed by atoms with Gasteiger partial charge < -0.3 is 35.2 Å². The molecule has 2 aromatic carbocycles. The summed E-state index contributed by atoms with van der Waals surface area (Å²) in [6, 6.07) is 14.4. The number of benzene rings is 2. The van der Waals surface area contributed by atoms with Crippen LogP contribution in [0.1, 0.15) is 22.3 Å². The van der Waals surface area contributed by atoms with Gasteiger partial charge in [0.15, 0.2) is 0 Å². The van der Waals surface area contributed by atoms with E-state index in [0.717, 1.165) is 17.0 Å². The van der Waals surface area contributed by atoms with Gasteiger partial charge in [-0.05, 0) is 42.0 Å². The number of amides is 2. The molecule has 0 saturated carbocycles. The van der Waals surface area contributed by atoms with Gasteiger partial charge in [0.1, 0.15) is 24.1 Å². The number of nitrogens with zero attached hydrogens (tertiary/aromatic N) is 1. The summed E-state index contributed by atoms with van der Waals surface area (Å²) in [5.41, 5.74) is 2.34. The largest absolute Gasteiger partial charge is 0.497 e. The molecule has 3 rings (SSSR count). The third kappa shape index (κ3) is 6.44. The lowest BCUT2D eigenvalue weighted by Gasteiger charge is -2.16. The second-order valence-electron chi connectivity index (χ2n) is 8.17. The molecule has 0 aromatic heterocycles. The minimum absolute atomic E-state index is 0.0104. The topological polar surface area (TPSA) is 120 Å². The highest BCUT2D eigenvalue weighted by Crippen LogP contribution is 2.23. The fourth-order valence-corrected chi connectivity index (χ4v) is 3.57. The van der Waals surface area contributed by atoms with Crippen LogP contribution in [0.25, 0.3) is 0 Å². The molecule has 0 spiro atoms. The second-order valence-corrected chi connectivity index (χ2v) is 8.17. The van der Waals surface area contributed by atoms with E-state index in [1.165, 1.54) is 0 Å². The Morgan fingerprint density at radius 3 is 2.21 bits per heavy atom. The zero-order chi connectivity index (χ0) is 24.0. The van der Waals surface area contributed by atoms with Gasteiger partial charge in [-0.15, -0.1) is 0 Å². The normalized spacial score (nSPS) is 22.0. The molecule has 9 heteroatoms. The van der Waals surface area contributed by atoms with Crippen LogP contribution in [0.4, 0.5) is 5.69 Å². The van der Waals surface area contributed by atoms with Crippen molar-refractivity contribution < 1.29 is 29.3 Å². The average Bonchev–Trinajstić information content (AvgIpc) is 3.09. The van der Waals surface area contributed by atoms with Gasteiger partial charge >= 0.3 is 0 Å². The molecule has 1 saturated heterocycles. The minimum Gasteiger partial charge on any atom is -0.497 e. The van der Waals surface area contributed by atoms with Gasteiger partial charge in [0.25, 0.3) is 5.91 Å². The Bertz CT molecular complexity index is 932. The molecule has 4 atom stereocenters. The number of nitrogens with one attached hydrogen (secondary N) is 2. The molecular formula is C24H31N3O6. The molecule has 0 unspecified atom stereocenters. The number of rotatable bonds is 9. The van der Waals surface area contributed by atoms with Crippen molar-refractivity contribution >= 4 is 17.5 Å². The van der Waals surface area contributed by atoms with Gasteiger partial charge in [-0.3, -0.25) is 9.59 Å². The van der Waals surface area contributed by atoms with Gasteiger partial charge in [0, 0.05) is 38.4 Å². The molecule has 0 radical (unpaired) electrons. The smallest absolute Gasteiger partial charge is 0.251 e. The summed E-state index contributed by atoms with van der Waals surface area (Å²) < 4.78 is 10.8. The molecule has 1 aliphatic heterocycles. The first-order valence-corrected chi connectivity index (χ1v) is 10.7. The highest BCUT2D eigenvalue weighted by molar-refractivity contribution is 5.94. The molecule has 33 heavy (non-hydrogen) atoms. The third-order valence-electron chi connectivity index (χ3n) is 5.61. The average molecular weight is 458 g/mol. The Labute approximate surface area is 193 Å². The van der Waals surface area contributed by atoms with Crippen molar-refractivity contribution in [2.45, 2.75) is 37.4 Å². The zero-order valence-electron chi connectivity index (χ0n) is 19.0. The van der Waals surface area contributed by atoms with Crippen LogP contribution in [-0.2, 0) is 16.1 Å². The number of carbonyl (C=O) groups excluding carboxylic acids is 2. The quantitative estimate of drug-likeness (QED) is 0.437. The Kier molecular flexibility index (Phi) is 8.26. The van der Waals surface area contributed by atoms with E-state index < -0.39 is 24.4 Å². The number of methoxy groups -OCH3 is 1. The standard InChI is InChI=1S/C24H31N3O6/c1-27(2)17-8-6-16(7-9-17)24(31)26-14-20-23(30)22(29)19(33-20)12-21(28)25-13-15-4-10-18(32-3)11-5-15/h4-11,19-20,22-23,29-30H,12-14H2,1-3H3,(H,25,28)(H,26,31)/t19-,20-,22-,23+/m0/s1. The fourth-order valence-electron chi connectivity index (χ4n) is 3.57. The summed E-state index contributed by atoms with van der Waals surface area (Å²) in [6.45, 7) is 0.330. The first-order chi connectivity index (χ1) is 15.8. The van der Waals surface area contributed by atoms with E-state index in [1.807, 2.05) is 43.3 Å². The van der Waals surface area contributed by atoms with E-state index in [0.29, 0.717) is 12.1 Å². The Hall–Kier alpha value is -3.14. The van der Waals surface area contributed by atoms with Crippen LogP contribution >= 0.6 is 0 Å². The van der Waals surface area contributed by atoms with E-state index in [1.54, 1.807) is 31.4 Å². The van der Waals surface area contributed by atoms with Gasteiger partial charge in [0.05, 0.1) is 19.6 Å². The highest BCUT2D eigenvalue weighted by Gasteiger charge is 2.43. The summed E-state index contributed by atoms with van der Waals surface area (Å²) >= 11 is 0. The maximum atomic E-state index is 12.4. The Morgan fingerprint density at radius 1 is 0.970 bits per heavy atom. The van der Waals surface area contributed by atoms with Crippen molar-refractivity contribution in [1.29, 1.82) is 0 Å². The number of anilines is 1. The van der Waals surface area contributed by atoms with Crippen LogP contribution < -0.4 is 20.3 Å². The van der Waals surface area contributed by atoms with E-state index in [4.69, 9.17) is 9.47 Å². The van der Waals surface area contributed by atoms with Crippen LogP contribution in [0.3, 0.4) is 0 Å². The van der Waals surface area contributed by atoms with E-state index in [9.17, 15) is 19.8 Å². The van der Waals surface area contributed by atoms with Crippen LogP contribution in [0.2, 0.25) is 0 Å². The van der Waals surface area contributed by atoms with E-state index in [2.05, 4.69) is 10.6 Å². The summed E-state index contributed by atoms with van der Waals surface area (Å²) in [4.78, 5) is 26.6. The molecule has 2 amide bonds. The Morgan fingerprint density at radius 2 is 1.61 bits per heavy atom. The molecule has 0 bridgehead atoms. The molecule has 0 aliphatic carbocycles. The lowest BCUT2D eigenvalue weighted by atomic mass is 10.1. The number of ether oxygens (including phenoxy) is 2. The summed E-state index contributed by atoms with van der Waals surface area (Å²) in [7, 11) is 5.41. The lowest BCUT2D eigenvalue weighted by Crippen LogP contribution is -2.40. The predicted molar refractivity (Wildman–Crippen MR) is 123 cm³/mol. The summed E-state index contributed by atoms with van der Waals surface area (Å²) in [6.07, 6.45) is -4.22. The van der Waals surface area contributed by atoms with E-state index >= 15 is 0 Å². The Balaban J connectivity index is 1.46. The monoisotopic (exact) mass is 457 g/mol. The van der Waals surface area contributed by atoms with Crippen LogP contribution in [0.5, 0.6) is 5.75 Å². The van der Waals surface area contributed by atoms with Crippen LogP contribution in [0.15, 0.2) is 48.5 Å². The molecule has 178 valence electrons. The van der Waals surface area contributed by atoms with Crippen LogP contribution in [-0.4, -0.2) is 74.2 Å². The number of hydrogen-bond acceptors (Lipinski definition) is 7. The molecule has 2 aromatic rings. The van der Waals surface area contributed by atoms with Gasteiger partial charge in [-0.25, -0.2) is 0 Å². The molecule has 4 N–H and O–H groups in total. The van der Waals surface area contributed by atoms with Crippen molar-refractivity contribution in [1.82, 2.24) is 10.6 Å². The van der Waals surface area contributed by atoms with E-state index in [-0.39, 0.29) is 24.8 Å². The van der Waals surface area contributed by atoms with Gasteiger partial charge in [-0.2, -0.15) is 0 Å². The molecule has 1 fully saturated rings. The molecule has 1 heterocycles.